The van der Waals surface area contributed by atoms with E-state index in [9.17, 15) is 5.11 Å². The van der Waals surface area contributed by atoms with E-state index in [0.717, 1.165) is 31.6 Å². The summed E-state index contributed by atoms with van der Waals surface area (Å²) in [4.78, 5) is 4.32. The Bertz CT molecular complexity index is 349. The molecule has 0 saturated carbocycles. The van der Waals surface area contributed by atoms with Crippen LogP contribution in [0.4, 0.5) is 0 Å². The second-order valence-electron chi connectivity index (χ2n) is 5.51. The van der Waals surface area contributed by atoms with E-state index in [2.05, 4.69) is 42.6 Å². The van der Waals surface area contributed by atoms with Crippen molar-refractivity contribution in [1.29, 1.82) is 0 Å². The van der Waals surface area contributed by atoms with Crippen LogP contribution in [0.3, 0.4) is 0 Å². The van der Waals surface area contributed by atoms with E-state index in [-0.39, 0.29) is 12.1 Å². The van der Waals surface area contributed by atoms with Gasteiger partial charge in [-0.15, -0.1) is 0 Å². The van der Waals surface area contributed by atoms with Crippen LogP contribution in [-0.4, -0.2) is 32.8 Å². The van der Waals surface area contributed by atoms with E-state index >= 15 is 0 Å². The van der Waals surface area contributed by atoms with Crippen molar-refractivity contribution in [1.82, 2.24) is 14.9 Å². The molecule has 0 radical (unpaired) electrons. The lowest BCUT2D eigenvalue weighted by atomic mass is 9.96. The summed E-state index contributed by atoms with van der Waals surface area (Å²) < 4.78 is 2.20. The first-order valence-electron chi connectivity index (χ1n) is 6.89. The zero-order valence-corrected chi connectivity index (χ0v) is 12.1. The van der Waals surface area contributed by atoms with Gasteiger partial charge in [-0.3, -0.25) is 0 Å². The van der Waals surface area contributed by atoms with Crippen molar-refractivity contribution in [3.8, 4) is 0 Å². The van der Waals surface area contributed by atoms with Gasteiger partial charge in [-0.1, -0.05) is 20.8 Å². The first-order valence-corrected chi connectivity index (χ1v) is 6.89. The molecule has 0 aromatic carbocycles. The maximum atomic E-state index is 9.51. The van der Waals surface area contributed by atoms with E-state index in [0.29, 0.717) is 6.04 Å². The summed E-state index contributed by atoms with van der Waals surface area (Å²) in [6.45, 7) is 9.57. The van der Waals surface area contributed by atoms with Crippen molar-refractivity contribution < 1.29 is 5.11 Å². The fourth-order valence-corrected chi connectivity index (χ4v) is 2.39. The lowest BCUT2D eigenvalue weighted by Gasteiger charge is -2.31. The number of imidazole rings is 1. The quantitative estimate of drug-likeness (QED) is 0.745. The normalized spacial score (nSPS) is 15.0. The highest BCUT2D eigenvalue weighted by atomic mass is 16.3. The molecule has 0 amide bonds. The van der Waals surface area contributed by atoms with E-state index < -0.39 is 0 Å². The minimum absolute atomic E-state index is 0.176. The van der Waals surface area contributed by atoms with Crippen molar-refractivity contribution in [3.63, 3.8) is 0 Å². The van der Waals surface area contributed by atoms with E-state index in [4.69, 9.17) is 0 Å². The molecule has 0 spiro atoms. The molecule has 1 aromatic rings. The minimum atomic E-state index is -0.179. The third kappa shape index (κ3) is 4.42. The van der Waals surface area contributed by atoms with Crippen LogP contribution in [-0.2, 0) is 13.0 Å². The van der Waals surface area contributed by atoms with Crippen LogP contribution in [0.1, 0.15) is 46.4 Å². The highest BCUT2D eigenvalue weighted by Crippen LogP contribution is 2.14. The number of nitrogens with zero attached hydrogens (tertiary/aromatic N) is 2. The van der Waals surface area contributed by atoms with Crippen LogP contribution in [0, 0.1) is 0 Å². The van der Waals surface area contributed by atoms with Crippen LogP contribution in [0.25, 0.3) is 0 Å². The molecule has 0 aliphatic rings. The fourth-order valence-electron chi connectivity index (χ4n) is 2.39. The molecule has 18 heavy (non-hydrogen) atoms. The summed E-state index contributed by atoms with van der Waals surface area (Å²) in [5, 5.41) is 13.0. The molecular weight excluding hydrogens is 226 g/mol. The van der Waals surface area contributed by atoms with E-state index in [1.165, 1.54) is 0 Å². The predicted octanol–water partition coefficient (Wildman–Crippen LogP) is 1.97. The second-order valence-corrected chi connectivity index (χ2v) is 5.51. The maximum absolute atomic E-state index is 9.51. The van der Waals surface area contributed by atoms with E-state index in [1.807, 2.05) is 12.4 Å². The molecule has 0 bridgehead atoms. The molecule has 0 saturated heterocycles. The zero-order chi connectivity index (χ0) is 13.6. The number of hydrogen-bond acceptors (Lipinski definition) is 3. The van der Waals surface area contributed by atoms with Crippen molar-refractivity contribution in [2.75, 3.05) is 6.61 Å². The molecule has 0 aliphatic carbocycles. The largest absolute Gasteiger partial charge is 0.394 e. The molecule has 1 unspecified atom stereocenters. The van der Waals surface area contributed by atoms with Gasteiger partial charge in [0.25, 0.3) is 0 Å². The Morgan fingerprint density at radius 3 is 2.78 bits per heavy atom. The van der Waals surface area contributed by atoms with Gasteiger partial charge in [-0.2, -0.15) is 0 Å². The molecule has 104 valence electrons. The highest BCUT2D eigenvalue weighted by Gasteiger charge is 2.23. The molecule has 4 heteroatoms. The third-order valence-electron chi connectivity index (χ3n) is 3.23. The Labute approximate surface area is 110 Å². The second kappa shape index (κ2) is 6.90. The average Bonchev–Trinajstić information content (AvgIpc) is 2.75. The molecule has 0 fully saturated rings. The van der Waals surface area contributed by atoms with Crippen LogP contribution in [0.5, 0.6) is 0 Å². The Hall–Kier alpha value is -0.870. The summed E-state index contributed by atoms with van der Waals surface area (Å²) in [6, 6.07) is 0.390. The summed E-state index contributed by atoms with van der Waals surface area (Å²) in [7, 11) is 0. The molecule has 1 rings (SSSR count). The molecule has 2 N–H and O–H groups in total. The SMILES string of the molecule is CCc1nccn1CCCC(C)(CO)NC(C)C. The molecule has 1 aromatic heterocycles. The topological polar surface area (TPSA) is 50.1 Å². The smallest absolute Gasteiger partial charge is 0.108 e. The molecule has 1 heterocycles. The molecule has 0 aliphatic heterocycles. The number of rotatable bonds is 8. The Kier molecular flexibility index (Phi) is 5.82. The van der Waals surface area contributed by atoms with Gasteiger partial charge in [-0.05, 0) is 19.8 Å². The van der Waals surface area contributed by atoms with Gasteiger partial charge in [0.15, 0.2) is 0 Å². The fraction of sp³-hybridized carbons (Fsp3) is 0.786. The van der Waals surface area contributed by atoms with E-state index in [1.54, 1.807) is 0 Å². The van der Waals surface area contributed by atoms with Gasteiger partial charge in [0.2, 0.25) is 0 Å². The average molecular weight is 253 g/mol. The molecule has 4 nitrogen and oxygen atoms in total. The number of aromatic nitrogens is 2. The first-order chi connectivity index (χ1) is 8.50. The van der Waals surface area contributed by atoms with Crippen molar-refractivity contribution in [2.45, 2.75) is 65.1 Å². The highest BCUT2D eigenvalue weighted by molar-refractivity contribution is 4.92. The summed E-state index contributed by atoms with van der Waals surface area (Å²) in [5.41, 5.74) is -0.179. The Morgan fingerprint density at radius 1 is 1.50 bits per heavy atom. The number of aryl methyl sites for hydroxylation is 2. The summed E-state index contributed by atoms with van der Waals surface area (Å²) in [6.07, 6.45) is 6.86. The minimum Gasteiger partial charge on any atom is -0.394 e. The lowest BCUT2D eigenvalue weighted by molar-refractivity contribution is 0.153. The molecular formula is C14H27N3O. The maximum Gasteiger partial charge on any atom is 0.108 e. The van der Waals surface area contributed by atoms with Gasteiger partial charge in [0.1, 0.15) is 5.82 Å². The monoisotopic (exact) mass is 253 g/mol. The summed E-state index contributed by atoms with van der Waals surface area (Å²) >= 11 is 0. The van der Waals surface area contributed by atoms with Gasteiger partial charge in [0.05, 0.1) is 6.61 Å². The standard InChI is InChI=1S/C14H27N3O/c1-5-13-15-8-10-17(13)9-6-7-14(4,11-18)16-12(2)3/h8,10,12,16,18H,5-7,9,11H2,1-4H3. The lowest BCUT2D eigenvalue weighted by Crippen LogP contribution is -2.49. The van der Waals surface area contributed by atoms with Crippen molar-refractivity contribution in [3.05, 3.63) is 18.2 Å². The van der Waals surface area contributed by atoms with Crippen LogP contribution < -0.4 is 5.32 Å². The van der Waals surface area contributed by atoms with Gasteiger partial charge < -0.3 is 15.0 Å². The predicted molar refractivity (Wildman–Crippen MR) is 74.6 cm³/mol. The van der Waals surface area contributed by atoms with Crippen LogP contribution in [0.15, 0.2) is 12.4 Å². The Balaban J connectivity index is 2.44. The Morgan fingerprint density at radius 2 is 2.22 bits per heavy atom. The van der Waals surface area contributed by atoms with Crippen molar-refractivity contribution >= 4 is 0 Å². The zero-order valence-electron chi connectivity index (χ0n) is 12.1. The molecule has 1 atom stereocenters. The van der Waals surface area contributed by atoms with Gasteiger partial charge in [-0.25, -0.2) is 4.98 Å². The number of aliphatic hydroxyl groups is 1. The number of aliphatic hydroxyl groups excluding tert-OH is 1. The van der Waals surface area contributed by atoms with Crippen LogP contribution in [0.2, 0.25) is 0 Å². The van der Waals surface area contributed by atoms with Crippen LogP contribution >= 0.6 is 0 Å². The van der Waals surface area contributed by atoms with Gasteiger partial charge >= 0.3 is 0 Å². The first kappa shape index (κ1) is 15.2. The van der Waals surface area contributed by atoms with Gasteiger partial charge in [0, 0.05) is 36.9 Å². The summed E-state index contributed by atoms with van der Waals surface area (Å²) in [5.74, 6) is 1.14. The number of nitrogens with one attached hydrogen (secondary N) is 1. The number of hydrogen-bond donors (Lipinski definition) is 2. The third-order valence-corrected chi connectivity index (χ3v) is 3.23. The van der Waals surface area contributed by atoms with Crippen molar-refractivity contribution in [2.24, 2.45) is 0 Å².